The molecule has 1 N–H and O–H groups in total. The lowest BCUT2D eigenvalue weighted by molar-refractivity contribution is 0.404. The molecule has 1 atom stereocenters. The van der Waals surface area contributed by atoms with Crippen LogP contribution in [0.5, 0.6) is 0 Å². The van der Waals surface area contributed by atoms with Gasteiger partial charge in [-0.2, -0.15) is 4.89 Å². The molecule has 4 nitrogen and oxygen atoms in total. The summed E-state index contributed by atoms with van der Waals surface area (Å²) in [5.74, 6) is 0. The fraction of sp³-hybridized carbons (Fsp3) is 1.00. The zero-order chi connectivity index (χ0) is 11.8. The Balaban J connectivity index is 0. The van der Waals surface area contributed by atoms with Crippen LogP contribution in [0.3, 0.4) is 0 Å². The zero-order valence-electron chi connectivity index (χ0n) is 9.56. The van der Waals surface area contributed by atoms with Crippen LogP contribution in [0.25, 0.3) is 0 Å². The van der Waals surface area contributed by atoms with Crippen molar-refractivity contribution >= 4 is 15.4 Å². The van der Waals surface area contributed by atoms with Crippen LogP contribution in [0.15, 0.2) is 0 Å². The highest BCUT2D eigenvalue weighted by Gasteiger charge is 2.23. The first-order valence-corrected chi connectivity index (χ1v) is 8.34. The minimum absolute atomic E-state index is 0.0185. The van der Waals surface area contributed by atoms with Gasteiger partial charge in [-0.3, -0.25) is 4.57 Å². The molecule has 0 saturated carbocycles. The lowest BCUT2D eigenvalue weighted by Gasteiger charge is -1.98. The molecule has 0 bridgehead atoms. The summed E-state index contributed by atoms with van der Waals surface area (Å²) in [7, 11) is -2.62. The standard InChI is InChI=1S/C5H11O2P.C3H9O2P/c1-3-5(4-2)8(6)7;1-5-6(2,3)4/h5H,3-4H2,1-2H3;1-3H3/p+1. The van der Waals surface area contributed by atoms with Crippen LogP contribution < -0.4 is 0 Å². The molecular weight excluding hydrogens is 222 g/mol. The Bertz CT molecular complexity index is 196. The predicted octanol–water partition coefficient (Wildman–Crippen LogP) is 3.08. The molecule has 0 rings (SSSR count). The highest BCUT2D eigenvalue weighted by molar-refractivity contribution is 7.57. The molecule has 0 aromatic rings. The summed E-state index contributed by atoms with van der Waals surface area (Å²) < 4.78 is 25.2. The van der Waals surface area contributed by atoms with Crippen LogP contribution in [-0.4, -0.2) is 31.0 Å². The smallest absolute Gasteiger partial charge is 0.332 e. The third-order valence-electron chi connectivity index (χ3n) is 1.69. The van der Waals surface area contributed by atoms with Gasteiger partial charge >= 0.3 is 8.03 Å². The van der Waals surface area contributed by atoms with Gasteiger partial charge in [-0.05, 0) is 17.4 Å². The first-order valence-electron chi connectivity index (χ1n) is 4.54. The topological polar surface area (TPSA) is 63.6 Å². The number of rotatable bonds is 4. The van der Waals surface area contributed by atoms with Crippen molar-refractivity contribution in [3.8, 4) is 0 Å². The first kappa shape index (κ1) is 16.7. The van der Waals surface area contributed by atoms with E-state index in [0.29, 0.717) is 0 Å². The van der Waals surface area contributed by atoms with Crippen LogP contribution >= 0.6 is 15.4 Å². The fourth-order valence-corrected chi connectivity index (χ4v) is 1.23. The van der Waals surface area contributed by atoms with E-state index in [1.54, 1.807) is 13.3 Å². The van der Waals surface area contributed by atoms with Gasteiger partial charge in [-0.15, -0.1) is 0 Å². The largest absolute Gasteiger partial charge is 0.508 e. The van der Waals surface area contributed by atoms with Crippen LogP contribution in [0.1, 0.15) is 26.7 Å². The Kier molecular flexibility index (Phi) is 10.2. The van der Waals surface area contributed by atoms with Gasteiger partial charge in [0.15, 0.2) is 13.0 Å². The summed E-state index contributed by atoms with van der Waals surface area (Å²) in [6, 6.07) is 0. The highest BCUT2D eigenvalue weighted by atomic mass is 31.2. The first-order chi connectivity index (χ1) is 6.28. The van der Waals surface area contributed by atoms with Gasteiger partial charge in [0, 0.05) is 20.4 Å². The maximum absolute atomic E-state index is 10.4. The number of hydrogen-bond donors (Lipinski definition) is 1. The molecule has 0 amide bonds. The Morgan fingerprint density at radius 1 is 1.36 bits per heavy atom. The van der Waals surface area contributed by atoms with Crippen molar-refractivity contribution in [3.63, 3.8) is 0 Å². The van der Waals surface area contributed by atoms with E-state index in [4.69, 9.17) is 4.89 Å². The lowest BCUT2D eigenvalue weighted by atomic mass is 10.3. The van der Waals surface area contributed by atoms with Crippen molar-refractivity contribution in [3.05, 3.63) is 0 Å². The summed E-state index contributed by atoms with van der Waals surface area (Å²) in [6.07, 6.45) is 1.62. The lowest BCUT2D eigenvalue weighted by Crippen LogP contribution is -1.95. The van der Waals surface area contributed by atoms with Gasteiger partial charge in [0.2, 0.25) is 0 Å². The molecule has 0 radical (unpaired) electrons. The Morgan fingerprint density at radius 2 is 1.64 bits per heavy atom. The van der Waals surface area contributed by atoms with E-state index in [9.17, 15) is 9.13 Å². The van der Waals surface area contributed by atoms with Crippen molar-refractivity contribution in [2.24, 2.45) is 0 Å². The van der Waals surface area contributed by atoms with Crippen LogP contribution in [0.2, 0.25) is 0 Å². The van der Waals surface area contributed by atoms with Crippen molar-refractivity contribution in [2.75, 3.05) is 20.4 Å². The minimum atomic E-state index is -2.15. The molecule has 0 aromatic carbocycles. The van der Waals surface area contributed by atoms with Gasteiger partial charge in [0.25, 0.3) is 0 Å². The Hall–Kier alpha value is 0.250. The summed E-state index contributed by atoms with van der Waals surface area (Å²) in [5, 5.41) is 0. The third-order valence-corrected chi connectivity index (χ3v) is 3.93. The third kappa shape index (κ3) is 12.2. The molecule has 1 unspecified atom stereocenters. The van der Waals surface area contributed by atoms with Crippen molar-refractivity contribution in [1.29, 1.82) is 0 Å². The molecule has 14 heavy (non-hydrogen) atoms. The van der Waals surface area contributed by atoms with Crippen LogP contribution in [0.4, 0.5) is 0 Å². The maximum atomic E-state index is 10.4. The molecular formula is C8H21O4P2+. The summed E-state index contributed by atoms with van der Waals surface area (Å²) in [6.45, 7) is 7.01. The summed E-state index contributed by atoms with van der Waals surface area (Å²) >= 11 is 0. The van der Waals surface area contributed by atoms with E-state index < -0.39 is 15.4 Å². The zero-order valence-corrected chi connectivity index (χ0v) is 11.3. The molecule has 86 valence electrons. The van der Waals surface area contributed by atoms with E-state index >= 15 is 0 Å². The molecule has 0 aromatic heterocycles. The average Bonchev–Trinajstić information content (AvgIpc) is 2.06. The summed E-state index contributed by atoms with van der Waals surface area (Å²) in [4.78, 5) is 8.52. The minimum Gasteiger partial charge on any atom is -0.332 e. The Morgan fingerprint density at radius 3 is 1.64 bits per heavy atom. The number of hydrogen-bond acceptors (Lipinski definition) is 3. The molecule has 0 aliphatic heterocycles. The molecule has 0 spiro atoms. The average molecular weight is 243 g/mol. The maximum Gasteiger partial charge on any atom is 0.508 e. The van der Waals surface area contributed by atoms with Crippen LogP contribution in [-0.2, 0) is 13.7 Å². The second kappa shape index (κ2) is 8.55. The molecule has 0 aliphatic carbocycles. The van der Waals surface area contributed by atoms with Gasteiger partial charge in [0.1, 0.15) is 0 Å². The molecule has 0 saturated heterocycles. The van der Waals surface area contributed by atoms with Gasteiger partial charge in [-0.25, -0.2) is 0 Å². The van der Waals surface area contributed by atoms with E-state index in [1.165, 1.54) is 7.11 Å². The van der Waals surface area contributed by atoms with E-state index in [-0.39, 0.29) is 5.66 Å². The quantitative estimate of drug-likeness (QED) is 0.770. The molecule has 6 heteroatoms. The van der Waals surface area contributed by atoms with Gasteiger partial charge < -0.3 is 4.52 Å². The van der Waals surface area contributed by atoms with E-state index in [2.05, 4.69) is 4.52 Å². The second-order valence-corrected chi connectivity index (χ2v) is 7.41. The predicted molar refractivity (Wildman–Crippen MR) is 60.7 cm³/mol. The molecule has 0 heterocycles. The van der Waals surface area contributed by atoms with Crippen molar-refractivity contribution < 1.29 is 18.5 Å². The van der Waals surface area contributed by atoms with Crippen LogP contribution in [0, 0.1) is 0 Å². The van der Waals surface area contributed by atoms with E-state index in [1.807, 2.05) is 13.8 Å². The van der Waals surface area contributed by atoms with E-state index in [0.717, 1.165) is 12.8 Å². The van der Waals surface area contributed by atoms with Crippen molar-refractivity contribution in [1.82, 2.24) is 0 Å². The summed E-state index contributed by atoms with van der Waals surface area (Å²) in [5.41, 5.74) is 0.0185. The fourth-order valence-electron chi connectivity index (χ4n) is 0.601. The van der Waals surface area contributed by atoms with Gasteiger partial charge in [-0.1, -0.05) is 13.8 Å². The monoisotopic (exact) mass is 243 g/mol. The molecule has 0 aliphatic rings. The second-order valence-electron chi connectivity index (χ2n) is 3.21. The SMILES string of the molecule is CCC(CC)[P+](=O)O.COP(C)(C)=O. The normalized spacial score (nSPS) is 12.1. The molecule has 0 fully saturated rings. The van der Waals surface area contributed by atoms with Crippen molar-refractivity contribution in [2.45, 2.75) is 32.3 Å². The highest BCUT2D eigenvalue weighted by Crippen LogP contribution is 2.35. The van der Waals surface area contributed by atoms with Gasteiger partial charge in [0.05, 0.1) is 0 Å². The Labute approximate surface area is 87.4 Å².